The van der Waals surface area contributed by atoms with Crippen molar-refractivity contribution < 1.29 is 21.6 Å². The highest BCUT2D eigenvalue weighted by Crippen LogP contribution is 2.33. The van der Waals surface area contributed by atoms with E-state index in [4.69, 9.17) is 0 Å². The van der Waals surface area contributed by atoms with Gasteiger partial charge in [0.2, 0.25) is 0 Å². The Labute approximate surface area is 139 Å². The molecule has 3 nitrogen and oxygen atoms in total. The quantitative estimate of drug-likeness (QED) is 0.718. The predicted octanol–water partition coefficient (Wildman–Crippen LogP) is 4.42. The van der Waals surface area contributed by atoms with E-state index in [9.17, 15) is 21.6 Å². The average molecular weight is 441 g/mol. The van der Waals surface area contributed by atoms with Gasteiger partial charge in [-0.1, -0.05) is 17.7 Å². The number of anilines is 1. The predicted molar refractivity (Wildman–Crippen MR) is 86.1 cm³/mol. The Bertz CT molecular complexity index is 787. The molecule has 2 aromatic carbocycles. The van der Waals surface area contributed by atoms with Gasteiger partial charge in [0.25, 0.3) is 10.0 Å². The van der Waals surface area contributed by atoms with E-state index in [1.54, 1.807) is 34.7 Å². The Morgan fingerprint density at radius 3 is 2.14 bits per heavy atom. The second kappa shape index (κ2) is 6.07. The maximum absolute atomic E-state index is 12.6. The molecule has 118 valence electrons. The Morgan fingerprint density at radius 1 is 1.05 bits per heavy atom. The summed E-state index contributed by atoms with van der Waals surface area (Å²) in [5.74, 6) is 0. The molecule has 1 N–H and O–H groups in total. The molecule has 0 bridgehead atoms. The Balaban J connectivity index is 2.32. The third-order valence-corrected chi connectivity index (χ3v) is 5.15. The molecule has 0 aliphatic rings. The van der Waals surface area contributed by atoms with Crippen molar-refractivity contribution in [2.24, 2.45) is 0 Å². The first-order chi connectivity index (χ1) is 10.1. The van der Waals surface area contributed by atoms with Gasteiger partial charge in [0.15, 0.2) is 0 Å². The van der Waals surface area contributed by atoms with E-state index < -0.39 is 21.8 Å². The normalized spacial score (nSPS) is 12.2. The summed E-state index contributed by atoms with van der Waals surface area (Å²) in [5, 5.41) is 0. The van der Waals surface area contributed by atoms with E-state index in [0.29, 0.717) is 0 Å². The van der Waals surface area contributed by atoms with Crippen molar-refractivity contribution in [3.63, 3.8) is 0 Å². The zero-order valence-electron chi connectivity index (χ0n) is 11.3. The first kappa shape index (κ1) is 17.1. The van der Waals surface area contributed by atoms with E-state index in [1.165, 1.54) is 12.1 Å². The number of alkyl halides is 3. The number of rotatable bonds is 3. The Kier molecular flexibility index (Phi) is 4.71. The minimum Gasteiger partial charge on any atom is -0.279 e. The summed E-state index contributed by atoms with van der Waals surface area (Å²) >= 11 is 1.66. The lowest BCUT2D eigenvalue weighted by Crippen LogP contribution is -2.14. The summed E-state index contributed by atoms with van der Waals surface area (Å²) in [6.45, 7) is 1.82. The fraction of sp³-hybridized carbons (Fsp3) is 0.143. The van der Waals surface area contributed by atoms with E-state index in [0.717, 1.165) is 23.8 Å². The van der Waals surface area contributed by atoms with E-state index in [2.05, 4.69) is 4.72 Å². The Hall–Kier alpha value is -1.29. The van der Waals surface area contributed by atoms with Gasteiger partial charge >= 0.3 is 6.18 Å². The van der Waals surface area contributed by atoms with Crippen LogP contribution in [0.25, 0.3) is 0 Å². The number of nitrogens with one attached hydrogen (secondary N) is 1. The highest BCUT2D eigenvalue weighted by molar-refractivity contribution is 14.1. The van der Waals surface area contributed by atoms with Gasteiger partial charge in [-0.05, 0) is 59.8 Å². The molecule has 0 spiro atoms. The smallest absolute Gasteiger partial charge is 0.279 e. The van der Waals surface area contributed by atoms with Gasteiger partial charge in [-0.25, -0.2) is 8.42 Å². The molecule has 0 aliphatic carbocycles. The molecule has 0 radical (unpaired) electrons. The van der Waals surface area contributed by atoms with Crippen molar-refractivity contribution in [1.29, 1.82) is 0 Å². The molecule has 0 aliphatic heterocycles. The van der Waals surface area contributed by atoms with Crippen molar-refractivity contribution in [2.45, 2.75) is 18.0 Å². The minimum atomic E-state index is -4.46. The van der Waals surface area contributed by atoms with Crippen molar-refractivity contribution >= 4 is 38.3 Å². The van der Waals surface area contributed by atoms with Crippen LogP contribution in [0.2, 0.25) is 0 Å². The molecule has 0 amide bonds. The first-order valence-corrected chi connectivity index (χ1v) is 8.62. The van der Waals surface area contributed by atoms with Gasteiger partial charge in [-0.15, -0.1) is 0 Å². The fourth-order valence-electron chi connectivity index (χ4n) is 1.70. The highest BCUT2D eigenvalue weighted by atomic mass is 127. The van der Waals surface area contributed by atoms with Crippen LogP contribution in [0.3, 0.4) is 0 Å². The topological polar surface area (TPSA) is 46.2 Å². The maximum Gasteiger partial charge on any atom is 0.416 e. The summed E-state index contributed by atoms with van der Waals surface area (Å²) in [6.07, 6.45) is -4.46. The SMILES string of the molecule is Cc1ccc(S(=O)(=O)Nc2ccc(C(F)(F)F)cc2I)cc1. The highest BCUT2D eigenvalue weighted by Gasteiger charge is 2.31. The summed E-state index contributed by atoms with van der Waals surface area (Å²) in [5.41, 5.74) is 0.187. The van der Waals surface area contributed by atoms with Gasteiger partial charge in [-0.3, -0.25) is 4.72 Å². The van der Waals surface area contributed by atoms with Crippen LogP contribution >= 0.6 is 22.6 Å². The largest absolute Gasteiger partial charge is 0.416 e. The molecule has 8 heteroatoms. The van der Waals surface area contributed by atoms with Crippen LogP contribution in [0.1, 0.15) is 11.1 Å². The zero-order chi connectivity index (χ0) is 16.5. The average Bonchev–Trinajstić information content (AvgIpc) is 2.40. The molecular weight excluding hydrogens is 430 g/mol. The molecule has 0 unspecified atom stereocenters. The van der Waals surface area contributed by atoms with E-state index in [-0.39, 0.29) is 14.2 Å². The lowest BCUT2D eigenvalue weighted by atomic mass is 10.2. The molecular formula is C14H11F3INO2S. The third-order valence-electron chi connectivity index (χ3n) is 2.87. The molecule has 2 aromatic rings. The molecule has 0 aromatic heterocycles. The van der Waals surface area contributed by atoms with Crippen molar-refractivity contribution in [3.8, 4) is 0 Å². The van der Waals surface area contributed by atoms with E-state index in [1.807, 2.05) is 6.92 Å². The molecule has 0 saturated heterocycles. The first-order valence-electron chi connectivity index (χ1n) is 6.06. The van der Waals surface area contributed by atoms with Gasteiger partial charge < -0.3 is 0 Å². The zero-order valence-corrected chi connectivity index (χ0v) is 14.3. The van der Waals surface area contributed by atoms with Crippen LogP contribution in [-0.2, 0) is 16.2 Å². The summed E-state index contributed by atoms with van der Waals surface area (Å²) < 4.78 is 64.7. The molecule has 0 atom stereocenters. The maximum atomic E-state index is 12.6. The van der Waals surface area contributed by atoms with Gasteiger partial charge in [0.1, 0.15) is 0 Å². The van der Waals surface area contributed by atoms with E-state index >= 15 is 0 Å². The fourth-order valence-corrected chi connectivity index (χ4v) is 3.61. The second-order valence-corrected chi connectivity index (χ2v) is 7.46. The van der Waals surface area contributed by atoms with Gasteiger partial charge in [-0.2, -0.15) is 13.2 Å². The summed E-state index contributed by atoms with van der Waals surface area (Å²) in [4.78, 5) is 0.0498. The van der Waals surface area contributed by atoms with Crippen LogP contribution < -0.4 is 4.72 Å². The Morgan fingerprint density at radius 2 is 1.64 bits per heavy atom. The molecule has 2 rings (SSSR count). The third kappa shape index (κ3) is 3.92. The van der Waals surface area contributed by atoms with Crippen molar-refractivity contribution in [1.82, 2.24) is 0 Å². The molecule has 0 fully saturated rings. The van der Waals surface area contributed by atoms with Crippen LogP contribution in [0.15, 0.2) is 47.4 Å². The number of halogens is 4. The minimum absolute atomic E-state index is 0.0498. The standard InChI is InChI=1S/C14H11F3INO2S/c1-9-2-5-11(6-3-9)22(20,21)19-13-7-4-10(8-12(13)18)14(15,16)17/h2-8,19H,1H3. The second-order valence-electron chi connectivity index (χ2n) is 4.61. The number of sulfonamides is 1. The van der Waals surface area contributed by atoms with Crippen LogP contribution in [-0.4, -0.2) is 8.42 Å². The lowest BCUT2D eigenvalue weighted by molar-refractivity contribution is -0.137. The molecule has 22 heavy (non-hydrogen) atoms. The van der Waals surface area contributed by atoms with Crippen LogP contribution in [0, 0.1) is 10.5 Å². The molecule has 0 saturated carbocycles. The van der Waals surface area contributed by atoms with Gasteiger partial charge in [0, 0.05) is 3.57 Å². The van der Waals surface area contributed by atoms with Crippen LogP contribution in [0.5, 0.6) is 0 Å². The lowest BCUT2D eigenvalue weighted by Gasteiger charge is -2.12. The summed E-state index contributed by atoms with van der Waals surface area (Å²) in [7, 11) is -3.84. The van der Waals surface area contributed by atoms with Crippen molar-refractivity contribution in [3.05, 3.63) is 57.2 Å². The molecule has 0 heterocycles. The van der Waals surface area contributed by atoms with Crippen molar-refractivity contribution in [2.75, 3.05) is 4.72 Å². The monoisotopic (exact) mass is 441 g/mol. The summed E-state index contributed by atoms with van der Waals surface area (Å²) in [6, 6.07) is 9.01. The van der Waals surface area contributed by atoms with Crippen LogP contribution in [0.4, 0.5) is 18.9 Å². The van der Waals surface area contributed by atoms with Gasteiger partial charge in [0.05, 0.1) is 16.1 Å². The number of benzene rings is 2. The number of hydrogen-bond donors (Lipinski definition) is 1. The number of aryl methyl sites for hydroxylation is 1. The number of hydrogen-bond acceptors (Lipinski definition) is 2.